The second-order valence-electron chi connectivity index (χ2n) is 5.27. The summed E-state index contributed by atoms with van der Waals surface area (Å²) in [5.74, 6) is 0.706. The molecule has 130 valence electrons. The van der Waals surface area contributed by atoms with Crippen LogP contribution in [0.15, 0.2) is 35.7 Å². The number of hydrogen-bond donors (Lipinski definition) is 3. The quantitative estimate of drug-likeness (QED) is 0.502. The number of nitrogens with zero attached hydrogens (tertiary/aromatic N) is 3. The fourth-order valence-corrected chi connectivity index (χ4v) is 2.99. The van der Waals surface area contributed by atoms with Crippen LogP contribution in [0.25, 0.3) is 0 Å². The molecule has 0 aromatic carbocycles. The van der Waals surface area contributed by atoms with Gasteiger partial charge in [0.25, 0.3) is 0 Å². The molecule has 3 N–H and O–H groups in total. The summed E-state index contributed by atoms with van der Waals surface area (Å²) in [6.07, 6.45) is 6.55. The van der Waals surface area contributed by atoms with Crippen LogP contribution in [0.5, 0.6) is 0 Å². The molecular formula is C17H25N5OS. The monoisotopic (exact) mass is 347 g/mol. The number of aliphatic imine (C=N–C) groups is 1. The van der Waals surface area contributed by atoms with Crippen molar-refractivity contribution in [2.45, 2.75) is 32.8 Å². The van der Waals surface area contributed by atoms with Crippen molar-refractivity contribution in [3.05, 3.63) is 46.2 Å². The molecule has 2 heterocycles. The summed E-state index contributed by atoms with van der Waals surface area (Å²) in [6, 6.07) is 3.60. The van der Waals surface area contributed by atoms with Gasteiger partial charge < -0.3 is 15.7 Å². The van der Waals surface area contributed by atoms with Crippen LogP contribution in [0.2, 0.25) is 0 Å². The topological polar surface area (TPSA) is 82.4 Å². The summed E-state index contributed by atoms with van der Waals surface area (Å²) in [5, 5.41) is 17.8. The molecule has 0 saturated carbocycles. The molecule has 0 aliphatic carbocycles. The molecule has 0 amide bonds. The largest absolute Gasteiger partial charge is 0.386 e. The Labute approximate surface area is 147 Å². The van der Waals surface area contributed by atoms with Gasteiger partial charge in [0.1, 0.15) is 0 Å². The zero-order valence-electron chi connectivity index (χ0n) is 14.2. The van der Waals surface area contributed by atoms with Gasteiger partial charge in [0.05, 0.1) is 17.7 Å². The van der Waals surface area contributed by atoms with Gasteiger partial charge in [0.2, 0.25) is 0 Å². The van der Waals surface area contributed by atoms with E-state index in [0.717, 1.165) is 36.5 Å². The first kappa shape index (κ1) is 18.4. The van der Waals surface area contributed by atoms with Gasteiger partial charge in [0, 0.05) is 43.0 Å². The van der Waals surface area contributed by atoms with Crippen molar-refractivity contribution >= 4 is 17.3 Å². The van der Waals surface area contributed by atoms with E-state index in [1.807, 2.05) is 13.1 Å². The molecule has 1 atom stereocenters. The lowest BCUT2D eigenvalue weighted by Crippen LogP contribution is -2.38. The minimum absolute atomic E-state index is 0.302. The van der Waals surface area contributed by atoms with Gasteiger partial charge in [-0.3, -0.25) is 9.98 Å². The predicted octanol–water partition coefficient (Wildman–Crippen LogP) is 1.93. The Kier molecular flexibility index (Phi) is 7.64. The van der Waals surface area contributed by atoms with Crippen molar-refractivity contribution in [1.82, 2.24) is 20.6 Å². The SMILES string of the molecule is CCNC(=NCC(O)c1ccncc1)NCCc1ncc(CC)s1. The van der Waals surface area contributed by atoms with Crippen molar-refractivity contribution < 1.29 is 5.11 Å². The van der Waals surface area contributed by atoms with E-state index in [2.05, 4.69) is 32.5 Å². The average molecular weight is 347 g/mol. The van der Waals surface area contributed by atoms with Crippen LogP contribution in [0, 0.1) is 0 Å². The third-order valence-electron chi connectivity index (χ3n) is 3.44. The van der Waals surface area contributed by atoms with E-state index >= 15 is 0 Å². The highest BCUT2D eigenvalue weighted by atomic mass is 32.1. The Balaban J connectivity index is 1.83. The molecule has 2 aromatic rings. The Morgan fingerprint density at radius 3 is 2.75 bits per heavy atom. The Morgan fingerprint density at radius 1 is 1.29 bits per heavy atom. The summed E-state index contributed by atoms with van der Waals surface area (Å²) in [7, 11) is 0. The predicted molar refractivity (Wildman–Crippen MR) is 98.4 cm³/mol. The van der Waals surface area contributed by atoms with Crippen molar-refractivity contribution in [2.24, 2.45) is 4.99 Å². The maximum absolute atomic E-state index is 10.2. The fraction of sp³-hybridized carbons (Fsp3) is 0.471. The zero-order chi connectivity index (χ0) is 17.2. The molecule has 6 nitrogen and oxygen atoms in total. The van der Waals surface area contributed by atoms with E-state index in [0.29, 0.717) is 12.5 Å². The molecule has 0 spiro atoms. The van der Waals surface area contributed by atoms with Gasteiger partial charge in [-0.2, -0.15) is 0 Å². The number of aromatic nitrogens is 2. The first-order valence-corrected chi connectivity index (χ1v) is 9.08. The normalized spacial score (nSPS) is 12.9. The van der Waals surface area contributed by atoms with Crippen LogP contribution in [0.1, 0.15) is 35.4 Å². The van der Waals surface area contributed by atoms with Crippen LogP contribution in [-0.2, 0) is 12.8 Å². The number of guanidine groups is 1. The average Bonchev–Trinajstić information content (AvgIpc) is 3.08. The van der Waals surface area contributed by atoms with Gasteiger partial charge in [0.15, 0.2) is 5.96 Å². The summed E-state index contributed by atoms with van der Waals surface area (Å²) in [4.78, 5) is 14.1. The van der Waals surface area contributed by atoms with Gasteiger partial charge in [-0.15, -0.1) is 11.3 Å². The number of aliphatic hydroxyl groups excluding tert-OH is 1. The highest BCUT2D eigenvalue weighted by Gasteiger charge is 2.07. The molecule has 24 heavy (non-hydrogen) atoms. The highest BCUT2D eigenvalue weighted by Crippen LogP contribution is 2.13. The van der Waals surface area contributed by atoms with Crippen LogP contribution in [0.4, 0.5) is 0 Å². The second kappa shape index (κ2) is 10.00. The summed E-state index contributed by atoms with van der Waals surface area (Å²) >= 11 is 1.76. The van der Waals surface area contributed by atoms with Gasteiger partial charge in [-0.05, 0) is 31.0 Å². The van der Waals surface area contributed by atoms with Crippen LogP contribution < -0.4 is 10.6 Å². The number of aryl methyl sites for hydroxylation is 1. The molecule has 2 aromatic heterocycles. The first-order chi connectivity index (χ1) is 11.7. The van der Waals surface area contributed by atoms with Crippen molar-refractivity contribution in [2.75, 3.05) is 19.6 Å². The second-order valence-corrected chi connectivity index (χ2v) is 6.47. The van der Waals surface area contributed by atoms with Crippen LogP contribution in [-0.4, -0.2) is 40.7 Å². The lowest BCUT2D eigenvalue weighted by atomic mass is 10.1. The van der Waals surface area contributed by atoms with Gasteiger partial charge in [-0.25, -0.2) is 4.98 Å². The van der Waals surface area contributed by atoms with E-state index in [1.165, 1.54) is 4.88 Å². The van der Waals surface area contributed by atoms with E-state index in [4.69, 9.17) is 0 Å². The smallest absolute Gasteiger partial charge is 0.191 e. The minimum atomic E-state index is -0.630. The zero-order valence-corrected chi connectivity index (χ0v) is 15.0. The standard InChI is InChI=1S/C17H25N5OS/c1-3-14-11-21-16(24-14)7-10-20-17(19-4-2)22-12-15(23)13-5-8-18-9-6-13/h5-6,8-9,11,15,23H,3-4,7,10,12H2,1-2H3,(H2,19,20,22). The van der Waals surface area contributed by atoms with E-state index in [-0.39, 0.29) is 0 Å². The van der Waals surface area contributed by atoms with Crippen LogP contribution in [0.3, 0.4) is 0 Å². The maximum Gasteiger partial charge on any atom is 0.191 e. The number of thiazole rings is 1. The lowest BCUT2D eigenvalue weighted by Gasteiger charge is -2.13. The molecular weight excluding hydrogens is 322 g/mol. The van der Waals surface area contributed by atoms with Crippen LogP contribution >= 0.6 is 11.3 Å². The molecule has 0 saturated heterocycles. The number of rotatable bonds is 8. The highest BCUT2D eigenvalue weighted by molar-refractivity contribution is 7.11. The third kappa shape index (κ3) is 5.90. The molecule has 0 aliphatic heterocycles. The molecule has 1 unspecified atom stereocenters. The summed E-state index contributed by atoms with van der Waals surface area (Å²) < 4.78 is 0. The number of pyridine rings is 1. The number of aliphatic hydroxyl groups is 1. The van der Waals surface area contributed by atoms with Crippen molar-refractivity contribution in [3.63, 3.8) is 0 Å². The van der Waals surface area contributed by atoms with Crippen molar-refractivity contribution in [1.29, 1.82) is 0 Å². The minimum Gasteiger partial charge on any atom is -0.386 e. The molecule has 0 aliphatic rings. The van der Waals surface area contributed by atoms with E-state index < -0.39 is 6.10 Å². The fourth-order valence-electron chi connectivity index (χ4n) is 2.13. The molecule has 2 rings (SSSR count). The summed E-state index contributed by atoms with van der Waals surface area (Å²) in [5.41, 5.74) is 0.819. The Morgan fingerprint density at radius 2 is 2.08 bits per heavy atom. The molecule has 7 heteroatoms. The van der Waals surface area contributed by atoms with Crippen molar-refractivity contribution in [3.8, 4) is 0 Å². The third-order valence-corrected chi connectivity index (χ3v) is 4.64. The first-order valence-electron chi connectivity index (χ1n) is 8.26. The van der Waals surface area contributed by atoms with E-state index in [1.54, 1.807) is 35.9 Å². The number of hydrogen-bond acceptors (Lipinski definition) is 5. The Bertz CT molecular complexity index is 629. The molecule has 0 fully saturated rings. The Hall–Kier alpha value is -1.99. The number of nitrogens with one attached hydrogen (secondary N) is 2. The molecule has 0 bridgehead atoms. The van der Waals surface area contributed by atoms with Gasteiger partial charge >= 0.3 is 0 Å². The summed E-state index contributed by atoms with van der Waals surface area (Å²) in [6.45, 7) is 5.99. The van der Waals surface area contributed by atoms with E-state index in [9.17, 15) is 5.11 Å². The molecule has 0 radical (unpaired) electrons. The maximum atomic E-state index is 10.2. The lowest BCUT2D eigenvalue weighted by molar-refractivity contribution is 0.187. The van der Waals surface area contributed by atoms with Gasteiger partial charge in [-0.1, -0.05) is 6.92 Å².